The molecule has 156 valence electrons. The van der Waals surface area contributed by atoms with E-state index in [2.05, 4.69) is 9.97 Å². The molecule has 4 aromatic rings. The summed E-state index contributed by atoms with van der Waals surface area (Å²) >= 11 is 12.2. The summed E-state index contributed by atoms with van der Waals surface area (Å²) in [6, 6.07) is 17.9. The molecule has 0 radical (unpaired) electrons. The number of nitrogens with zero attached hydrogens (tertiary/aromatic N) is 1. The highest BCUT2D eigenvalue weighted by Gasteiger charge is 2.29. The minimum Gasteiger partial charge on any atom is -0.338 e. The molecule has 7 heteroatoms. The highest BCUT2D eigenvalue weighted by Crippen LogP contribution is 2.31. The first-order valence-electron chi connectivity index (χ1n) is 9.26. The van der Waals surface area contributed by atoms with Crippen molar-refractivity contribution < 1.29 is 13.2 Å². The van der Waals surface area contributed by atoms with E-state index in [0.717, 1.165) is 40.1 Å². The minimum atomic E-state index is -4.34. The van der Waals surface area contributed by atoms with Gasteiger partial charge in [-0.1, -0.05) is 65.7 Å². The topological polar surface area (TPSA) is 28.7 Å². The van der Waals surface area contributed by atoms with Gasteiger partial charge >= 0.3 is 6.18 Å². The first-order valence-corrected chi connectivity index (χ1v) is 10.0. The van der Waals surface area contributed by atoms with Crippen molar-refractivity contribution in [2.75, 3.05) is 0 Å². The van der Waals surface area contributed by atoms with Crippen molar-refractivity contribution in [2.45, 2.75) is 6.18 Å². The fourth-order valence-electron chi connectivity index (χ4n) is 3.08. The van der Waals surface area contributed by atoms with Crippen molar-refractivity contribution in [1.29, 1.82) is 0 Å². The van der Waals surface area contributed by atoms with Crippen LogP contribution in [0, 0.1) is 0 Å². The smallest absolute Gasteiger partial charge is 0.338 e. The van der Waals surface area contributed by atoms with Crippen LogP contribution in [0.1, 0.15) is 17.0 Å². The highest BCUT2D eigenvalue weighted by atomic mass is 35.5. The number of hydrogen-bond acceptors (Lipinski definition) is 1. The average molecular weight is 459 g/mol. The summed E-state index contributed by atoms with van der Waals surface area (Å²) in [6.45, 7) is 0. The Bertz CT molecular complexity index is 1230. The Balaban J connectivity index is 1.47. The van der Waals surface area contributed by atoms with E-state index in [0.29, 0.717) is 15.9 Å². The molecule has 0 saturated heterocycles. The van der Waals surface area contributed by atoms with E-state index in [-0.39, 0.29) is 0 Å². The zero-order chi connectivity index (χ0) is 22.0. The van der Waals surface area contributed by atoms with Gasteiger partial charge in [-0.15, -0.1) is 0 Å². The second-order valence-electron chi connectivity index (χ2n) is 6.84. The summed E-state index contributed by atoms with van der Waals surface area (Å²) in [5, 5.41) is 1.10. The number of alkyl halides is 3. The predicted octanol–water partition coefficient (Wildman–Crippen LogP) is 8.24. The molecule has 1 N–H and O–H groups in total. The molecule has 0 spiro atoms. The van der Waals surface area contributed by atoms with Crippen LogP contribution < -0.4 is 0 Å². The van der Waals surface area contributed by atoms with Crippen molar-refractivity contribution in [2.24, 2.45) is 0 Å². The Hall–Kier alpha value is -3.02. The highest BCUT2D eigenvalue weighted by molar-refractivity contribution is 6.36. The van der Waals surface area contributed by atoms with Gasteiger partial charge in [-0.25, -0.2) is 4.98 Å². The lowest BCUT2D eigenvalue weighted by molar-refractivity contribution is -0.137. The van der Waals surface area contributed by atoms with Gasteiger partial charge in [-0.3, -0.25) is 0 Å². The molecule has 0 amide bonds. The molecule has 3 aromatic carbocycles. The van der Waals surface area contributed by atoms with Crippen LogP contribution in [0.4, 0.5) is 13.2 Å². The number of hydrogen-bond donors (Lipinski definition) is 1. The molecular formula is C24H15Cl2F3N2. The Morgan fingerprint density at radius 1 is 0.806 bits per heavy atom. The van der Waals surface area contributed by atoms with E-state index in [1.807, 2.05) is 42.5 Å². The summed E-state index contributed by atoms with van der Waals surface area (Å²) < 4.78 is 38.1. The number of imidazole rings is 1. The fraction of sp³-hybridized carbons (Fsp3) is 0.0417. The monoisotopic (exact) mass is 458 g/mol. The van der Waals surface area contributed by atoms with Gasteiger partial charge in [0.05, 0.1) is 22.5 Å². The molecule has 0 aliphatic rings. The molecule has 0 fully saturated rings. The number of aromatic amines is 1. The first-order chi connectivity index (χ1) is 14.8. The van der Waals surface area contributed by atoms with Crippen molar-refractivity contribution >= 4 is 35.4 Å². The number of rotatable bonds is 4. The van der Waals surface area contributed by atoms with E-state index in [1.54, 1.807) is 18.3 Å². The second-order valence-corrected chi connectivity index (χ2v) is 7.68. The Kier molecular flexibility index (Phi) is 5.90. The molecule has 1 aromatic heterocycles. The van der Waals surface area contributed by atoms with Gasteiger partial charge in [0.25, 0.3) is 0 Å². The summed E-state index contributed by atoms with van der Waals surface area (Å²) in [6.07, 6.45) is 1.09. The molecule has 4 rings (SSSR count). The number of benzene rings is 3. The Morgan fingerprint density at radius 3 is 2.06 bits per heavy atom. The zero-order valence-electron chi connectivity index (χ0n) is 15.9. The average Bonchev–Trinajstić information content (AvgIpc) is 3.21. The maximum absolute atomic E-state index is 12.7. The number of aromatic nitrogens is 2. The van der Waals surface area contributed by atoms with Crippen molar-refractivity contribution in [3.63, 3.8) is 0 Å². The summed E-state index contributed by atoms with van der Waals surface area (Å²) in [5.74, 6) is 0.660. The summed E-state index contributed by atoms with van der Waals surface area (Å²) in [4.78, 5) is 7.54. The number of nitrogens with one attached hydrogen (secondary N) is 1. The van der Waals surface area contributed by atoms with Crippen LogP contribution in [0.2, 0.25) is 10.0 Å². The van der Waals surface area contributed by atoms with Crippen molar-refractivity contribution in [1.82, 2.24) is 9.97 Å². The molecule has 0 aliphatic heterocycles. The third-order valence-corrected chi connectivity index (χ3v) is 5.25. The van der Waals surface area contributed by atoms with Crippen LogP contribution in [0.3, 0.4) is 0 Å². The summed E-state index contributed by atoms with van der Waals surface area (Å²) in [7, 11) is 0. The minimum absolute atomic E-state index is 0.533. The zero-order valence-corrected chi connectivity index (χ0v) is 17.4. The van der Waals surface area contributed by atoms with Gasteiger partial charge in [0.1, 0.15) is 5.82 Å². The summed E-state index contributed by atoms with van der Waals surface area (Å²) in [5.41, 5.74) is 3.41. The Labute approximate surface area is 187 Å². The maximum Gasteiger partial charge on any atom is 0.416 e. The molecule has 0 aliphatic carbocycles. The van der Waals surface area contributed by atoms with Crippen molar-refractivity contribution in [3.8, 4) is 22.4 Å². The third-order valence-electron chi connectivity index (χ3n) is 4.71. The van der Waals surface area contributed by atoms with Gasteiger partial charge < -0.3 is 4.98 Å². The van der Waals surface area contributed by atoms with Crippen LogP contribution in [0.25, 0.3) is 34.5 Å². The van der Waals surface area contributed by atoms with Gasteiger partial charge in [-0.2, -0.15) is 13.2 Å². The molecule has 31 heavy (non-hydrogen) atoms. The van der Waals surface area contributed by atoms with E-state index in [9.17, 15) is 13.2 Å². The molecule has 0 bridgehead atoms. The molecule has 0 atom stereocenters. The molecule has 2 nitrogen and oxygen atoms in total. The predicted molar refractivity (Wildman–Crippen MR) is 120 cm³/mol. The molecular weight excluding hydrogens is 444 g/mol. The quantitative estimate of drug-likeness (QED) is 0.327. The van der Waals surface area contributed by atoms with Gasteiger partial charge in [0, 0.05) is 10.6 Å². The first kappa shape index (κ1) is 21.2. The lowest BCUT2D eigenvalue weighted by Gasteiger charge is -2.08. The Morgan fingerprint density at radius 2 is 1.45 bits per heavy atom. The van der Waals surface area contributed by atoms with Crippen molar-refractivity contribution in [3.05, 3.63) is 99.9 Å². The van der Waals surface area contributed by atoms with Crippen LogP contribution in [0.5, 0.6) is 0 Å². The molecule has 0 unspecified atom stereocenters. The SMILES string of the molecule is FC(F)(F)c1ccc(-c2ccc(/C=C/c3ncc(-c4ccc(Cl)cc4Cl)[nH]3)cc2)cc1. The van der Waals surface area contributed by atoms with Crippen LogP contribution in [-0.4, -0.2) is 9.97 Å². The van der Waals surface area contributed by atoms with E-state index in [4.69, 9.17) is 23.2 Å². The maximum atomic E-state index is 12.7. The van der Waals surface area contributed by atoms with E-state index >= 15 is 0 Å². The fourth-order valence-corrected chi connectivity index (χ4v) is 3.59. The lowest BCUT2D eigenvalue weighted by Crippen LogP contribution is -2.03. The molecule has 0 saturated carbocycles. The second kappa shape index (κ2) is 8.61. The lowest BCUT2D eigenvalue weighted by atomic mass is 10.0. The van der Waals surface area contributed by atoms with Crippen LogP contribution in [-0.2, 0) is 6.18 Å². The van der Waals surface area contributed by atoms with Gasteiger partial charge in [0.2, 0.25) is 0 Å². The van der Waals surface area contributed by atoms with E-state index in [1.165, 1.54) is 12.1 Å². The van der Waals surface area contributed by atoms with Gasteiger partial charge in [0.15, 0.2) is 0 Å². The van der Waals surface area contributed by atoms with E-state index < -0.39 is 11.7 Å². The number of H-pyrrole nitrogens is 1. The standard InChI is InChI=1S/C24H15Cl2F3N2/c25-19-10-11-20(21(26)13-19)22-14-30-23(31-22)12-3-15-1-4-16(5-2-15)17-6-8-18(9-7-17)24(27,28)29/h1-14H,(H,30,31)/b12-3+. The largest absolute Gasteiger partial charge is 0.416 e. The molecule has 1 heterocycles. The van der Waals surface area contributed by atoms with Crippen LogP contribution >= 0.6 is 23.2 Å². The number of halogens is 5. The van der Waals surface area contributed by atoms with Crippen LogP contribution in [0.15, 0.2) is 72.9 Å². The van der Waals surface area contributed by atoms with Gasteiger partial charge in [-0.05, 0) is 53.1 Å². The normalized spacial score (nSPS) is 11.9. The third kappa shape index (κ3) is 5.01.